The monoisotopic (exact) mass is 282 g/mol. The maximum atomic E-state index is 12.2. The predicted octanol–water partition coefficient (Wildman–Crippen LogP) is 3.23. The zero-order chi connectivity index (χ0) is 11.5. The average Bonchev–Trinajstić information content (AvgIpc) is 2.13. The lowest BCUT2D eigenvalue weighted by molar-refractivity contribution is -0.119. The molecule has 0 aromatic carbocycles. The molecule has 0 aliphatic rings. The topological polar surface area (TPSA) is 16.1 Å². The van der Waals surface area contributed by atoms with Gasteiger partial charge in [-0.15, -0.1) is 0 Å². The molecule has 1 heterocycles. The van der Waals surface area contributed by atoms with Crippen molar-refractivity contribution < 1.29 is 13.2 Å². The summed E-state index contributed by atoms with van der Waals surface area (Å²) in [7, 11) is 0. The average molecular weight is 283 g/mol. The van der Waals surface area contributed by atoms with Gasteiger partial charge >= 0.3 is 6.18 Å². The summed E-state index contributed by atoms with van der Waals surface area (Å²) < 4.78 is 37.3. The minimum absolute atomic E-state index is 0.289. The van der Waals surface area contributed by atoms with Crippen LogP contribution in [0.25, 0.3) is 0 Å². The third-order valence-electron chi connectivity index (χ3n) is 1.81. The standard InChI is InChI=1S/C9H10BrF3N2/c1-2-15(6-9(11,12)13)8-3-7(10)4-14-5-8/h3-5H,2,6H2,1H3. The van der Waals surface area contributed by atoms with Crippen molar-refractivity contribution in [3.8, 4) is 0 Å². The van der Waals surface area contributed by atoms with E-state index in [1.165, 1.54) is 17.3 Å². The molecule has 0 bridgehead atoms. The molecule has 0 N–H and O–H groups in total. The van der Waals surface area contributed by atoms with E-state index in [0.29, 0.717) is 10.2 Å². The van der Waals surface area contributed by atoms with Crippen molar-refractivity contribution in [1.29, 1.82) is 0 Å². The molecule has 0 fully saturated rings. The maximum absolute atomic E-state index is 12.2. The molecule has 0 atom stereocenters. The number of nitrogens with zero attached hydrogens (tertiary/aromatic N) is 2. The molecule has 6 heteroatoms. The molecular formula is C9H10BrF3N2. The van der Waals surface area contributed by atoms with Crippen molar-refractivity contribution >= 4 is 21.6 Å². The first-order chi connectivity index (χ1) is 6.92. The van der Waals surface area contributed by atoms with Gasteiger partial charge in [0.15, 0.2) is 0 Å². The third-order valence-corrected chi connectivity index (χ3v) is 2.24. The summed E-state index contributed by atoms with van der Waals surface area (Å²) in [6.45, 7) is 1.01. The molecule has 0 radical (unpaired) electrons. The summed E-state index contributed by atoms with van der Waals surface area (Å²) >= 11 is 3.17. The molecule has 0 saturated heterocycles. The molecule has 1 aromatic rings. The highest BCUT2D eigenvalue weighted by molar-refractivity contribution is 9.10. The Kier molecular flexibility index (Phi) is 3.96. The number of alkyl halides is 3. The van der Waals surface area contributed by atoms with Crippen molar-refractivity contribution in [2.24, 2.45) is 0 Å². The van der Waals surface area contributed by atoms with Gasteiger partial charge in [0.05, 0.1) is 11.9 Å². The zero-order valence-corrected chi connectivity index (χ0v) is 9.64. The van der Waals surface area contributed by atoms with Crippen LogP contribution in [0.2, 0.25) is 0 Å². The van der Waals surface area contributed by atoms with E-state index in [2.05, 4.69) is 20.9 Å². The summed E-state index contributed by atoms with van der Waals surface area (Å²) in [5.41, 5.74) is 0.462. The van der Waals surface area contributed by atoms with Gasteiger partial charge < -0.3 is 4.90 Å². The molecule has 0 aliphatic carbocycles. The molecule has 0 unspecified atom stereocenters. The van der Waals surface area contributed by atoms with Crippen LogP contribution in [-0.2, 0) is 0 Å². The lowest BCUT2D eigenvalue weighted by Crippen LogP contribution is -2.34. The minimum Gasteiger partial charge on any atom is -0.362 e. The minimum atomic E-state index is -4.20. The SMILES string of the molecule is CCN(CC(F)(F)F)c1cncc(Br)c1. The molecule has 1 aromatic heterocycles. The number of hydrogen-bond donors (Lipinski definition) is 0. The first kappa shape index (κ1) is 12.3. The van der Waals surface area contributed by atoms with E-state index in [-0.39, 0.29) is 6.54 Å². The summed E-state index contributed by atoms with van der Waals surface area (Å²) in [6, 6.07) is 1.61. The smallest absolute Gasteiger partial charge is 0.362 e. The van der Waals surface area contributed by atoms with E-state index in [4.69, 9.17) is 0 Å². The highest BCUT2D eigenvalue weighted by atomic mass is 79.9. The molecular weight excluding hydrogens is 273 g/mol. The van der Waals surface area contributed by atoms with Crippen LogP contribution in [0.4, 0.5) is 18.9 Å². The predicted molar refractivity (Wildman–Crippen MR) is 55.9 cm³/mol. The van der Waals surface area contributed by atoms with Crippen molar-refractivity contribution in [3.05, 3.63) is 22.9 Å². The molecule has 2 nitrogen and oxygen atoms in total. The number of halogens is 4. The van der Waals surface area contributed by atoms with Crippen LogP contribution in [0.1, 0.15) is 6.92 Å². The van der Waals surface area contributed by atoms with E-state index in [9.17, 15) is 13.2 Å². The van der Waals surface area contributed by atoms with Crippen LogP contribution in [0.15, 0.2) is 22.9 Å². The summed E-state index contributed by atoms with van der Waals surface area (Å²) in [5.74, 6) is 0. The fourth-order valence-electron chi connectivity index (χ4n) is 1.18. The van der Waals surface area contributed by atoms with Crippen molar-refractivity contribution in [1.82, 2.24) is 4.98 Å². The van der Waals surface area contributed by atoms with Crippen LogP contribution in [0.3, 0.4) is 0 Å². The number of pyridine rings is 1. The largest absolute Gasteiger partial charge is 0.405 e. The Hall–Kier alpha value is -0.780. The Balaban J connectivity index is 2.83. The summed E-state index contributed by atoms with van der Waals surface area (Å²) in [6.07, 6.45) is -1.25. The Labute approximate surface area is 94.2 Å². The Morgan fingerprint density at radius 3 is 2.53 bits per heavy atom. The molecule has 84 valence electrons. The Bertz CT molecular complexity index is 327. The van der Waals surface area contributed by atoms with E-state index >= 15 is 0 Å². The fraction of sp³-hybridized carbons (Fsp3) is 0.444. The molecule has 15 heavy (non-hydrogen) atoms. The number of aromatic nitrogens is 1. The second kappa shape index (κ2) is 4.83. The van der Waals surface area contributed by atoms with E-state index in [1.807, 2.05) is 0 Å². The molecule has 1 rings (SSSR count). The van der Waals surface area contributed by atoms with Crippen molar-refractivity contribution in [3.63, 3.8) is 0 Å². The van der Waals surface area contributed by atoms with Gasteiger partial charge in [-0.1, -0.05) is 0 Å². The second-order valence-corrected chi connectivity index (χ2v) is 3.91. The fourth-order valence-corrected chi connectivity index (χ4v) is 1.53. The third kappa shape index (κ3) is 4.07. The number of rotatable bonds is 3. The van der Waals surface area contributed by atoms with Gasteiger partial charge in [-0.25, -0.2) is 0 Å². The first-order valence-electron chi connectivity index (χ1n) is 4.34. The van der Waals surface area contributed by atoms with Gasteiger partial charge in [0.1, 0.15) is 6.54 Å². The van der Waals surface area contributed by atoms with Crippen LogP contribution < -0.4 is 4.90 Å². The molecule has 0 spiro atoms. The lowest BCUT2D eigenvalue weighted by Gasteiger charge is -2.23. The van der Waals surface area contributed by atoms with Gasteiger partial charge in [0.25, 0.3) is 0 Å². The van der Waals surface area contributed by atoms with Gasteiger partial charge in [0.2, 0.25) is 0 Å². The summed E-state index contributed by atoms with van der Waals surface area (Å²) in [4.78, 5) is 5.05. The van der Waals surface area contributed by atoms with Gasteiger partial charge in [-0.05, 0) is 28.9 Å². The van der Waals surface area contributed by atoms with Crippen molar-refractivity contribution in [2.75, 3.05) is 18.0 Å². The van der Waals surface area contributed by atoms with Crippen LogP contribution in [0.5, 0.6) is 0 Å². The Morgan fingerprint density at radius 1 is 1.40 bits per heavy atom. The first-order valence-corrected chi connectivity index (χ1v) is 5.14. The van der Waals surface area contributed by atoms with E-state index < -0.39 is 12.7 Å². The van der Waals surface area contributed by atoms with Gasteiger partial charge in [-0.2, -0.15) is 13.2 Å². The lowest BCUT2D eigenvalue weighted by atomic mass is 10.3. The van der Waals surface area contributed by atoms with E-state index in [0.717, 1.165) is 0 Å². The maximum Gasteiger partial charge on any atom is 0.405 e. The molecule has 0 amide bonds. The second-order valence-electron chi connectivity index (χ2n) is 2.99. The quantitative estimate of drug-likeness (QED) is 0.846. The molecule has 0 aliphatic heterocycles. The zero-order valence-electron chi connectivity index (χ0n) is 8.05. The van der Waals surface area contributed by atoms with Crippen LogP contribution in [0, 0.1) is 0 Å². The van der Waals surface area contributed by atoms with E-state index in [1.54, 1.807) is 13.0 Å². The molecule has 0 saturated carbocycles. The summed E-state index contributed by atoms with van der Waals surface area (Å²) in [5, 5.41) is 0. The van der Waals surface area contributed by atoms with Crippen LogP contribution in [-0.4, -0.2) is 24.2 Å². The number of anilines is 1. The van der Waals surface area contributed by atoms with Gasteiger partial charge in [-0.3, -0.25) is 4.98 Å². The highest BCUT2D eigenvalue weighted by Gasteiger charge is 2.30. The van der Waals surface area contributed by atoms with Gasteiger partial charge in [0, 0.05) is 17.2 Å². The Morgan fingerprint density at radius 2 is 2.07 bits per heavy atom. The normalized spacial score (nSPS) is 11.5. The highest BCUT2D eigenvalue weighted by Crippen LogP contribution is 2.23. The van der Waals surface area contributed by atoms with Crippen LogP contribution >= 0.6 is 15.9 Å². The van der Waals surface area contributed by atoms with Crippen molar-refractivity contribution in [2.45, 2.75) is 13.1 Å². The number of hydrogen-bond acceptors (Lipinski definition) is 2.